The number of fused-ring (bicyclic) bond motifs is 8. The third-order valence-corrected chi connectivity index (χ3v) is 23.4. The zero-order chi connectivity index (χ0) is 79.1. The number of nitrogens with zero attached hydrogens (tertiary/aromatic N) is 2. The average molecular weight is 1420 g/mol. The lowest BCUT2D eigenvalue weighted by Crippen LogP contribution is -2.61. The van der Waals surface area contributed by atoms with Crippen LogP contribution in [0, 0.1) is 0 Å². The maximum atomic E-state index is 9.76. The van der Waals surface area contributed by atoms with Crippen LogP contribution in [-0.2, 0) is 21.7 Å². The molecule has 0 amide bonds. The molecule has 16 aromatic rings. The van der Waals surface area contributed by atoms with Gasteiger partial charge in [0.15, 0.2) is 0 Å². The molecule has 1 aliphatic carbocycles. The van der Waals surface area contributed by atoms with Crippen LogP contribution in [0.4, 0.5) is 34.1 Å². The first-order valence-electron chi connectivity index (χ1n) is 41.2. The summed E-state index contributed by atoms with van der Waals surface area (Å²) in [5, 5.41) is 2.36. The first kappa shape index (κ1) is 62.5. The Hall–Kier alpha value is -12.6. The summed E-state index contributed by atoms with van der Waals surface area (Å²) in [6.45, 7) is 20.2. The minimum atomic E-state index is -0.781. The fourth-order valence-electron chi connectivity index (χ4n) is 18.0. The first-order valence-corrected chi connectivity index (χ1v) is 38.7. The zero-order valence-corrected chi connectivity index (χ0v) is 63.7. The Morgan fingerprint density at radius 1 is 0.273 bits per heavy atom. The van der Waals surface area contributed by atoms with E-state index in [0.29, 0.717) is 5.56 Å². The zero-order valence-electron chi connectivity index (χ0n) is 68.7. The van der Waals surface area contributed by atoms with Crippen LogP contribution in [0.1, 0.15) is 108 Å². The lowest BCUT2D eigenvalue weighted by atomic mass is 9.33. The lowest BCUT2D eigenvalue weighted by Gasteiger charge is -2.46. The maximum Gasteiger partial charge on any atom is 0.252 e. The predicted octanol–water partition coefficient (Wildman–Crippen LogP) is 26.8. The van der Waals surface area contributed by atoms with Gasteiger partial charge in [0.2, 0.25) is 0 Å². The number of hydrogen-bond donors (Lipinski definition) is 0. The lowest BCUT2D eigenvalue weighted by molar-refractivity contribution is 0.590. The van der Waals surface area contributed by atoms with Gasteiger partial charge in [-0.3, -0.25) is 0 Å². The van der Waals surface area contributed by atoms with Crippen molar-refractivity contribution < 1.29 is 6.85 Å². The highest BCUT2D eigenvalue weighted by molar-refractivity contribution is 7.00. The molecule has 0 fully saturated rings. The van der Waals surface area contributed by atoms with Crippen LogP contribution in [-0.4, -0.2) is 6.71 Å². The van der Waals surface area contributed by atoms with Gasteiger partial charge in [-0.05, 0) is 204 Å². The van der Waals surface area contributed by atoms with Crippen molar-refractivity contribution in [2.75, 3.05) is 9.80 Å². The Morgan fingerprint density at radius 2 is 0.691 bits per heavy atom. The van der Waals surface area contributed by atoms with Crippen LogP contribution < -0.4 is 26.2 Å². The molecule has 110 heavy (non-hydrogen) atoms. The smallest absolute Gasteiger partial charge is 0.252 e. The van der Waals surface area contributed by atoms with Crippen molar-refractivity contribution in [3.8, 4) is 89.0 Å². The van der Waals surface area contributed by atoms with E-state index < -0.39 is 18.2 Å². The Kier molecular flexibility index (Phi) is 15.0. The van der Waals surface area contributed by atoms with E-state index in [1.807, 2.05) is 6.07 Å². The minimum Gasteiger partial charge on any atom is -0.310 e. The summed E-state index contributed by atoms with van der Waals surface area (Å²) in [7, 11) is 0. The second-order valence-corrected chi connectivity index (χ2v) is 33.2. The van der Waals surface area contributed by atoms with Gasteiger partial charge in [-0.25, -0.2) is 0 Å². The highest BCUT2D eigenvalue weighted by Crippen LogP contribution is 2.61. The molecule has 0 bridgehead atoms. The molecular formula is C107H87BN2. The topological polar surface area (TPSA) is 6.48 Å². The molecule has 0 radical (unpaired) electrons. The van der Waals surface area contributed by atoms with E-state index >= 15 is 0 Å². The Morgan fingerprint density at radius 3 is 1.22 bits per heavy atom. The van der Waals surface area contributed by atoms with Crippen LogP contribution in [0.15, 0.2) is 364 Å². The maximum absolute atomic E-state index is 9.76. The van der Waals surface area contributed by atoms with Gasteiger partial charge in [-0.15, -0.1) is 0 Å². The Balaban J connectivity index is 1.01. The van der Waals surface area contributed by atoms with Crippen LogP contribution in [0.3, 0.4) is 0 Å². The molecule has 1 atom stereocenters. The van der Waals surface area contributed by atoms with E-state index in [9.17, 15) is 5.48 Å². The number of hydrogen-bond acceptors (Lipinski definition) is 2. The molecule has 0 saturated heterocycles. The van der Waals surface area contributed by atoms with E-state index in [0.717, 1.165) is 123 Å². The second kappa shape index (κ2) is 26.4. The first-order chi connectivity index (χ1) is 55.5. The minimum absolute atomic E-state index is 0.135. The highest BCUT2D eigenvalue weighted by Gasteiger charge is 2.50. The quantitative estimate of drug-likeness (QED) is 0.119. The van der Waals surface area contributed by atoms with Crippen molar-refractivity contribution in [3.05, 3.63) is 403 Å². The van der Waals surface area contributed by atoms with Gasteiger partial charge in [-0.2, -0.15) is 0 Å². The van der Waals surface area contributed by atoms with Crippen molar-refractivity contribution in [2.24, 2.45) is 0 Å². The van der Waals surface area contributed by atoms with E-state index in [2.05, 4.69) is 400 Å². The molecule has 2 nitrogen and oxygen atoms in total. The monoisotopic (exact) mass is 1420 g/mol. The molecule has 16 aromatic carbocycles. The molecule has 2 heterocycles. The van der Waals surface area contributed by atoms with Gasteiger partial charge in [0.05, 0.1) is 23.6 Å². The molecule has 3 aliphatic rings. The normalized spacial score (nSPS) is 14.8. The van der Waals surface area contributed by atoms with E-state index in [1.54, 1.807) is 0 Å². The van der Waals surface area contributed by atoms with Crippen molar-refractivity contribution >= 4 is 68.0 Å². The van der Waals surface area contributed by atoms with Gasteiger partial charge in [-0.1, -0.05) is 372 Å². The summed E-state index contributed by atoms with van der Waals surface area (Å²) in [5.41, 5.74) is 31.3. The molecule has 0 spiro atoms. The molecule has 0 N–H and O–H groups in total. The fraction of sp³-hybridized carbons (Fsp3) is 0.121. The van der Waals surface area contributed by atoms with Crippen molar-refractivity contribution in [1.82, 2.24) is 0 Å². The molecule has 0 aromatic heterocycles. The molecule has 1 unspecified atom stereocenters. The van der Waals surface area contributed by atoms with Crippen LogP contribution >= 0.6 is 0 Å². The molecule has 19 rings (SSSR count). The SMILES string of the molecule is [2H]c1c([2H])c([2H])c(-c2ccc3c(c2)N(c2c(-c4ccccc4)cc(C(C)(C)C)cc2-c2ccccc2)c2cc(-c4cccc(C(C)(C)C)c4)cc4c2B3c2ccc(-c3cccc5c3C(c3ccccc3)(c3ccc6ccccc6c3)c3ccccc3-5)cc2N4c2c(-c3ccccc3)cc(C(C)(C)C)cc2-c2ccccc2)c([2H])c1[2H]. The second-order valence-electron chi connectivity index (χ2n) is 33.2. The van der Waals surface area contributed by atoms with Crippen LogP contribution in [0.2, 0.25) is 0 Å². The van der Waals surface area contributed by atoms with Crippen molar-refractivity contribution in [1.29, 1.82) is 0 Å². The fourth-order valence-corrected chi connectivity index (χ4v) is 18.0. The molecular weight excluding hydrogens is 1320 g/mol. The van der Waals surface area contributed by atoms with Crippen molar-refractivity contribution in [3.63, 3.8) is 0 Å². The van der Waals surface area contributed by atoms with Gasteiger partial charge in [0.1, 0.15) is 0 Å². The molecule has 2 aliphatic heterocycles. The summed E-state index contributed by atoms with van der Waals surface area (Å²) in [6.07, 6.45) is 0. The molecule has 3 heteroatoms. The third-order valence-electron chi connectivity index (χ3n) is 23.4. The highest BCUT2D eigenvalue weighted by atomic mass is 15.2. The largest absolute Gasteiger partial charge is 0.310 e. The van der Waals surface area contributed by atoms with Crippen LogP contribution in [0.25, 0.3) is 99.8 Å². The van der Waals surface area contributed by atoms with E-state index in [-0.39, 0.29) is 46.0 Å². The number of benzene rings is 16. The van der Waals surface area contributed by atoms with E-state index in [1.165, 1.54) is 55.3 Å². The summed E-state index contributed by atoms with van der Waals surface area (Å²) < 4.78 is 46.9. The third kappa shape index (κ3) is 11.3. The van der Waals surface area contributed by atoms with Gasteiger partial charge < -0.3 is 9.80 Å². The van der Waals surface area contributed by atoms with E-state index in [4.69, 9.17) is 1.37 Å². The van der Waals surface area contributed by atoms with Crippen LogP contribution in [0.5, 0.6) is 0 Å². The molecule has 0 saturated carbocycles. The van der Waals surface area contributed by atoms with Gasteiger partial charge in [0.25, 0.3) is 6.71 Å². The Labute approximate surface area is 656 Å². The van der Waals surface area contributed by atoms with Crippen molar-refractivity contribution in [2.45, 2.75) is 84.0 Å². The summed E-state index contributed by atoms with van der Waals surface area (Å²) in [5.74, 6) is 0. The number of rotatable bonds is 11. The average Bonchev–Trinajstić information content (AvgIpc) is 1.39. The summed E-state index contributed by atoms with van der Waals surface area (Å²) >= 11 is 0. The molecule has 528 valence electrons. The Bertz CT molecular complexity index is 6450. The van der Waals surface area contributed by atoms with Gasteiger partial charge in [0, 0.05) is 45.0 Å². The standard InChI is InChI=1S/C107H87BN2/c1-104(2,3)82-49-32-46-77(60-82)80-64-98-101-99(65-80)110(103-91(74-41-22-13-23-42-74)68-85(106(7,8)9)69-92(103)75-43-24-14-25-44-75)97-63-79(86-51-33-52-88-87-50-30-31-53-93(87)107(100(86)88,81-47-26-15-27-48-81)83-57-54-71-36-28-29-45-76(71)61-83)56-59-95(97)108(101)94-58-55-78(70-34-16-10-17-35-70)62-96(94)109(98)102-89(72-37-18-11-19-38-72)66-84(105(4,5)6)67-90(102)73-39-20-12-21-40-73/h10-69H,1-9H3/i10D,16D,17D,34D,35D. The number of anilines is 6. The summed E-state index contributed by atoms with van der Waals surface area (Å²) in [4.78, 5) is 5.17. The van der Waals surface area contributed by atoms with Gasteiger partial charge >= 0.3 is 0 Å². The predicted molar refractivity (Wildman–Crippen MR) is 469 cm³/mol. The summed E-state index contributed by atoms with van der Waals surface area (Å²) in [6, 6.07) is 122.